The molecule has 0 amide bonds. The van der Waals surface area contributed by atoms with Gasteiger partial charge in [-0.2, -0.15) is 0 Å². The Balaban J connectivity index is 2.89. The number of ether oxygens (including phenoxy) is 1. The van der Waals surface area contributed by atoms with Crippen molar-refractivity contribution in [3.05, 3.63) is 29.8 Å². The number of rotatable bonds is 2. The standard InChI is InChI=1S/C12H11F3O/c1-4-11(2,3)9-5-7-10(8-6-9)16-12(13,14)15/h1,5-8H,2-3H3. The maximum atomic E-state index is 11.9. The first-order valence-corrected chi connectivity index (χ1v) is 4.59. The Morgan fingerprint density at radius 2 is 1.62 bits per heavy atom. The predicted octanol–water partition coefficient (Wildman–Crippen LogP) is 3.50. The van der Waals surface area contributed by atoms with Crippen LogP contribution in [0.2, 0.25) is 0 Å². The molecule has 0 aliphatic heterocycles. The summed E-state index contributed by atoms with van der Waals surface area (Å²) in [5, 5.41) is 0. The summed E-state index contributed by atoms with van der Waals surface area (Å²) in [6, 6.07) is 5.56. The molecule has 0 heterocycles. The molecule has 0 aromatic heterocycles. The second-order valence-corrected chi connectivity index (χ2v) is 3.84. The van der Waals surface area contributed by atoms with Gasteiger partial charge < -0.3 is 4.74 Å². The molecule has 0 saturated carbocycles. The molecule has 86 valence electrons. The molecule has 1 rings (SSSR count). The lowest BCUT2D eigenvalue weighted by Crippen LogP contribution is -2.17. The third-order valence-corrected chi connectivity index (χ3v) is 2.17. The van der Waals surface area contributed by atoms with Gasteiger partial charge in [0, 0.05) is 0 Å². The second kappa shape index (κ2) is 4.09. The lowest BCUT2D eigenvalue weighted by molar-refractivity contribution is -0.274. The zero-order valence-electron chi connectivity index (χ0n) is 8.93. The van der Waals surface area contributed by atoms with Crippen molar-refractivity contribution in [2.45, 2.75) is 25.6 Å². The van der Waals surface area contributed by atoms with Crippen LogP contribution >= 0.6 is 0 Å². The molecule has 0 fully saturated rings. The maximum Gasteiger partial charge on any atom is 0.573 e. The summed E-state index contributed by atoms with van der Waals surface area (Å²) >= 11 is 0. The molecule has 0 N–H and O–H groups in total. The normalized spacial score (nSPS) is 12.0. The average molecular weight is 228 g/mol. The molecule has 0 atom stereocenters. The van der Waals surface area contributed by atoms with Crippen LogP contribution in [0.5, 0.6) is 5.75 Å². The summed E-state index contributed by atoms with van der Waals surface area (Å²) in [5.41, 5.74) is 0.265. The minimum Gasteiger partial charge on any atom is -0.406 e. The quantitative estimate of drug-likeness (QED) is 0.704. The first-order valence-electron chi connectivity index (χ1n) is 4.59. The van der Waals surface area contributed by atoms with E-state index in [0.29, 0.717) is 0 Å². The number of benzene rings is 1. The van der Waals surface area contributed by atoms with Gasteiger partial charge in [-0.15, -0.1) is 19.6 Å². The monoisotopic (exact) mass is 228 g/mol. The van der Waals surface area contributed by atoms with E-state index in [4.69, 9.17) is 6.42 Å². The van der Waals surface area contributed by atoms with Crippen molar-refractivity contribution in [1.82, 2.24) is 0 Å². The number of terminal acetylenes is 1. The third kappa shape index (κ3) is 3.20. The zero-order chi connectivity index (χ0) is 12.4. The molecule has 4 heteroatoms. The van der Waals surface area contributed by atoms with Crippen molar-refractivity contribution in [3.63, 3.8) is 0 Å². The van der Waals surface area contributed by atoms with Gasteiger partial charge in [0.15, 0.2) is 0 Å². The van der Waals surface area contributed by atoms with E-state index in [9.17, 15) is 13.2 Å². The highest BCUT2D eigenvalue weighted by molar-refractivity contribution is 5.36. The van der Waals surface area contributed by atoms with Gasteiger partial charge in [-0.3, -0.25) is 0 Å². The number of hydrogen-bond acceptors (Lipinski definition) is 1. The van der Waals surface area contributed by atoms with Gasteiger partial charge in [0.2, 0.25) is 0 Å². The third-order valence-electron chi connectivity index (χ3n) is 2.17. The summed E-state index contributed by atoms with van der Waals surface area (Å²) in [6.45, 7) is 3.62. The van der Waals surface area contributed by atoms with Gasteiger partial charge in [0.05, 0.1) is 5.41 Å². The summed E-state index contributed by atoms with van der Waals surface area (Å²) in [6.07, 6.45) is 0.653. The molecule has 0 aliphatic rings. The van der Waals surface area contributed by atoms with Crippen LogP contribution in [0.15, 0.2) is 24.3 Å². The molecule has 1 aromatic rings. The van der Waals surface area contributed by atoms with Crippen molar-refractivity contribution in [2.24, 2.45) is 0 Å². The van der Waals surface area contributed by atoms with Crippen LogP contribution in [0, 0.1) is 12.3 Å². The van der Waals surface area contributed by atoms with Gasteiger partial charge in [0.25, 0.3) is 0 Å². The van der Waals surface area contributed by atoms with E-state index in [0.717, 1.165) is 5.56 Å². The molecule has 1 aromatic carbocycles. The molecule has 0 unspecified atom stereocenters. The van der Waals surface area contributed by atoms with Crippen molar-refractivity contribution >= 4 is 0 Å². The van der Waals surface area contributed by atoms with Gasteiger partial charge >= 0.3 is 6.36 Å². The molecule has 0 spiro atoms. The molecule has 0 saturated heterocycles. The summed E-state index contributed by atoms with van der Waals surface area (Å²) in [7, 11) is 0. The van der Waals surface area contributed by atoms with Crippen molar-refractivity contribution in [1.29, 1.82) is 0 Å². The predicted molar refractivity (Wildman–Crippen MR) is 55.0 cm³/mol. The van der Waals surface area contributed by atoms with Gasteiger partial charge in [-0.25, -0.2) is 0 Å². The largest absolute Gasteiger partial charge is 0.573 e. The molecule has 1 nitrogen and oxygen atoms in total. The van der Waals surface area contributed by atoms with E-state index >= 15 is 0 Å². The first-order chi connectivity index (χ1) is 7.24. The van der Waals surface area contributed by atoms with Crippen LogP contribution in [-0.2, 0) is 5.41 Å². The van der Waals surface area contributed by atoms with Crippen molar-refractivity contribution in [2.75, 3.05) is 0 Å². The summed E-state index contributed by atoms with van der Waals surface area (Å²) in [5.74, 6) is 2.32. The average Bonchev–Trinajstić information content (AvgIpc) is 2.16. The smallest absolute Gasteiger partial charge is 0.406 e. The van der Waals surface area contributed by atoms with E-state index < -0.39 is 11.8 Å². The minimum atomic E-state index is -4.66. The maximum absolute atomic E-state index is 11.9. The highest BCUT2D eigenvalue weighted by Gasteiger charge is 2.31. The molecule has 0 bridgehead atoms. The van der Waals surface area contributed by atoms with Gasteiger partial charge in [0.1, 0.15) is 5.75 Å². The molecule has 0 aliphatic carbocycles. The Labute approximate surface area is 92.2 Å². The van der Waals surface area contributed by atoms with Gasteiger partial charge in [-0.05, 0) is 31.5 Å². The lowest BCUT2D eigenvalue weighted by Gasteiger charge is -2.18. The van der Waals surface area contributed by atoms with Crippen LogP contribution in [0.1, 0.15) is 19.4 Å². The number of halogens is 3. The fourth-order valence-electron chi connectivity index (χ4n) is 1.16. The summed E-state index contributed by atoms with van der Waals surface area (Å²) in [4.78, 5) is 0. The van der Waals surface area contributed by atoms with E-state index in [2.05, 4.69) is 10.7 Å². The topological polar surface area (TPSA) is 9.23 Å². The van der Waals surface area contributed by atoms with Crippen LogP contribution in [0.3, 0.4) is 0 Å². The molecular formula is C12H11F3O. The zero-order valence-corrected chi connectivity index (χ0v) is 8.93. The van der Waals surface area contributed by atoms with Crippen molar-refractivity contribution in [3.8, 4) is 18.1 Å². The minimum absolute atomic E-state index is 0.246. The van der Waals surface area contributed by atoms with Crippen LogP contribution in [0.4, 0.5) is 13.2 Å². The molecule has 16 heavy (non-hydrogen) atoms. The highest BCUT2D eigenvalue weighted by Crippen LogP contribution is 2.27. The second-order valence-electron chi connectivity index (χ2n) is 3.84. The van der Waals surface area contributed by atoms with Crippen molar-refractivity contribution < 1.29 is 17.9 Å². The van der Waals surface area contributed by atoms with E-state index in [1.54, 1.807) is 0 Å². The van der Waals surface area contributed by atoms with E-state index in [1.165, 1.54) is 24.3 Å². The lowest BCUT2D eigenvalue weighted by atomic mass is 9.86. The molecule has 0 radical (unpaired) electrons. The van der Waals surface area contributed by atoms with E-state index in [-0.39, 0.29) is 5.75 Å². The Morgan fingerprint density at radius 3 is 2.00 bits per heavy atom. The SMILES string of the molecule is C#CC(C)(C)c1ccc(OC(F)(F)F)cc1. The Morgan fingerprint density at radius 1 is 1.12 bits per heavy atom. The highest BCUT2D eigenvalue weighted by atomic mass is 19.4. The molecular weight excluding hydrogens is 217 g/mol. The van der Waals surface area contributed by atoms with Crippen LogP contribution in [-0.4, -0.2) is 6.36 Å². The van der Waals surface area contributed by atoms with Crippen LogP contribution in [0.25, 0.3) is 0 Å². The Kier molecular flexibility index (Phi) is 3.18. The first kappa shape index (κ1) is 12.4. The van der Waals surface area contributed by atoms with Crippen LogP contribution < -0.4 is 4.74 Å². The Hall–Kier alpha value is -1.63. The number of alkyl halides is 3. The fraction of sp³-hybridized carbons (Fsp3) is 0.333. The van der Waals surface area contributed by atoms with E-state index in [1.807, 2.05) is 13.8 Å². The fourth-order valence-corrected chi connectivity index (χ4v) is 1.16. The number of hydrogen-bond donors (Lipinski definition) is 0. The van der Waals surface area contributed by atoms with Gasteiger partial charge in [-0.1, -0.05) is 18.1 Å². The Bertz CT molecular complexity index is 396. The summed E-state index contributed by atoms with van der Waals surface area (Å²) < 4.78 is 39.4.